The van der Waals surface area contributed by atoms with E-state index in [1.807, 2.05) is 12.1 Å². The molecule has 0 saturated heterocycles. The van der Waals surface area contributed by atoms with E-state index in [0.717, 1.165) is 12.8 Å². The van der Waals surface area contributed by atoms with Gasteiger partial charge in [-0.2, -0.15) is 12.6 Å². The van der Waals surface area contributed by atoms with Gasteiger partial charge in [0.05, 0.1) is 0 Å². The van der Waals surface area contributed by atoms with Crippen molar-refractivity contribution in [3.05, 3.63) is 29.3 Å². The Kier molecular flexibility index (Phi) is 1.57. The molecule has 1 aliphatic carbocycles. The Labute approximate surface area is 71.5 Å². The normalized spacial score (nSPS) is 21.7. The molecule has 0 saturated carbocycles. The van der Waals surface area contributed by atoms with Crippen LogP contribution in [0.15, 0.2) is 18.2 Å². The number of aromatic hydroxyl groups is 1. The summed E-state index contributed by atoms with van der Waals surface area (Å²) < 4.78 is 0. The molecule has 11 heavy (non-hydrogen) atoms. The van der Waals surface area contributed by atoms with Gasteiger partial charge in [-0.3, -0.25) is 0 Å². The quantitative estimate of drug-likeness (QED) is 0.563. The summed E-state index contributed by atoms with van der Waals surface area (Å²) in [6.45, 7) is 0. The Hall–Kier alpha value is -0.630. The second kappa shape index (κ2) is 2.45. The van der Waals surface area contributed by atoms with E-state index in [-0.39, 0.29) is 0 Å². The van der Waals surface area contributed by atoms with Crippen LogP contribution >= 0.6 is 12.6 Å². The summed E-state index contributed by atoms with van der Waals surface area (Å²) in [6, 6.07) is 5.57. The number of phenolic OH excluding ortho intramolecular Hbond substituents is 1. The van der Waals surface area contributed by atoms with Crippen LogP contribution < -0.4 is 0 Å². The van der Waals surface area contributed by atoms with Gasteiger partial charge in [-0.1, -0.05) is 6.07 Å². The van der Waals surface area contributed by atoms with E-state index in [1.54, 1.807) is 6.07 Å². The molecule has 1 atom stereocenters. The largest absolute Gasteiger partial charge is 0.508 e. The molecule has 0 heterocycles. The van der Waals surface area contributed by atoms with Gasteiger partial charge in [-0.05, 0) is 36.1 Å². The number of phenols is 1. The first kappa shape index (κ1) is 7.04. The molecule has 0 spiro atoms. The van der Waals surface area contributed by atoms with E-state index >= 15 is 0 Å². The van der Waals surface area contributed by atoms with Crippen LogP contribution in [0.25, 0.3) is 0 Å². The van der Waals surface area contributed by atoms with Crippen molar-refractivity contribution in [2.45, 2.75) is 18.1 Å². The first-order chi connectivity index (χ1) is 5.25. The number of rotatable bonds is 0. The maximum Gasteiger partial charge on any atom is 0.115 e. The average molecular weight is 166 g/mol. The molecule has 1 aromatic carbocycles. The zero-order valence-electron chi connectivity index (χ0n) is 6.12. The first-order valence-corrected chi connectivity index (χ1v) is 4.26. The fourth-order valence-corrected chi connectivity index (χ4v) is 1.97. The van der Waals surface area contributed by atoms with E-state index in [4.69, 9.17) is 5.11 Å². The predicted octanol–water partition coefficient (Wildman–Crippen LogP) is 1.79. The van der Waals surface area contributed by atoms with Crippen LogP contribution in [-0.2, 0) is 12.8 Å². The fourth-order valence-electron chi connectivity index (χ4n) is 1.58. The highest BCUT2D eigenvalue weighted by Gasteiger charge is 2.17. The molecular formula is C9H10OS. The summed E-state index contributed by atoms with van der Waals surface area (Å²) >= 11 is 4.39. The lowest BCUT2D eigenvalue weighted by molar-refractivity contribution is 0.474. The van der Waals surface area contributed by atoms with Crippen molar-refractivity contribution in [3.63, 3.8) is 0 Å². The van der Waals surface area contributed by atoms with Gasteiger partial charge < -0.3 is 5.11 Å². The molecule has 1 unspecified atom stereocenters. The smallest absolute Gasteiger partial charge is 0.115 e. The summed E-state index contributed by atoms with van der Waals surface area (Å²) in [5, 5.41) is 9.61. The maximum atomic E-state index is 9.16. The lowest BCUT2D eigenvalue weighted by atomic mass is 10.1. The van der Waals surface area contributed by atoms with Gasteiger partial charge in [-0.15, -0.1) is 0 Å². The molecule has 1 aromatic rings. The standard InChI is InChI=1S/C9H10OS/c10-8-2-1-6-4-9(11)5-7(6)3-8/h1-3,9-11H,4-5H2. The molecule has 2 rings (SSSR count). The van der Waals surface area contributed by atoms with E-state index in [0.29, 0.717) is 11.0 Å². The fraction of sp³-hybridized carbons (Fsp3) is 0.333. The van der Waals surface area contributed by atoms with Crippen LogP contribution in [0.3, 0.4) is 0 Å². The average Bonchev–Trinajstić information content (AvgIpc) is 2.27. The van der Waals surface area contributed by atoms with E-state index in [1.165, 1.54) is 11.1 Å². The van der Waals surface area contributed by atoms with Crippen LogP contribution in [0.5, 0.6) is 5.75 Å². The summed E-state index contributed by atoms with van der Waals surface area (Å²) in [7, 11) is 0. The number of fused-ring (bicyclic) bond motifs is 1. The van der Waals surface area contributed by atoms with Crippen LogP contribution in [0.2, 0.25) is 0 Å². The molecule has 0 bridgehead atoms. The number of hydrogen-bond acceptors (Lipinski definition) is 2. The second-order valence-electron chi connectivity index (χ2n) is 3.02. The van der Waals surface area contributed by atoms with Crippen LogP contribution in [0, 0.1) is 0 Å². The van der Waals surface area contributed by atoms with Crippen molar-refractivity contribution in [3.8, 4) is 5.75 Å². The van der Waals surface area contributed by atoms with Crippen molar-refractivity contribution in [1.82, 2.24) is 0 Å². The summed E-state index contributed by atoms with van der Waals surface area (Å²) in [4.78, 5) is 0. The van der Waals surface area contributed by atoms with E-state index in [2.05, 4.69) is 12.6 Å². The molecule has 0 aromatic heterocycles. The molecule has 1 N–H and O–H groups in total. The van der Waals surface area contributed by atoms with Gasteiger partial charge in [0.2, 0.25) is 0 Å². The van der Waals surface area contributed by atoms with Gasteiger partial charge in [0.25, 0.3) is 0 Å². The molecule has 0 aliphatic heterocycles. The van der Waals surface area contributed by atoms with Crippen LogP contribution in [0.1, 0.15) is 11.1 Å². The predicted molar refractivity (Wildman–Crippen MR) is 48.3 cm³/mol. The summed E-state index contributed by atoms with van der Waals surface area (Å²) in [5.74, 6) is 0.367. The van der Waals surface area contributed by atoms with Crippen molar-refractivity contribution < 1.29 is 5.11 Å². The molecule has 1 aliphatic rings. The highest BCUT2D eigenvalue weighted by molar-refractivity contribution is 7.81. The van der Waals surface area contributed by atoms with Crippen molar-refractivity contribution in [2.24, 2.45) is 0 Å². The van der Waals surface area contributed by atoms with Gasteiger partial charge >= 0.3 is 0 Å². The Morgan fingerprint density at radius 2 is 2.00 bits per heavy atom. The molecule has 0 radical (unpaired) electrons. The van der Waals surface area contributed by atoms with Crippen LogP contribution in [0.4, 0.5) is 0 Å². The number of hydrogen-bond donors (Lipinski definition) is 2. The molecular weight excluding hydrogens is 156 g/mol. The maximum absolute atomic E-state index is 9.16. The lowest BCUT2D eigenvalue weighted by Gasteiger charge is -1.97. The van der Waals surface area contributed by atoms with Crippen molar-refractivity contribution >= 4 is 12.6 Å². The second-order valence-corrected chi connectivity index (χ2v) is 3.75. The van der Waals surface area contributed by atoms with Crippen molar-refractivity contribution in [1.29, 1.82) is 0 Å². The molecule has 0 fully saturated rings. The highest BCUT2D eigenvalue weighted by Crippen LogP contribution is 2.27. The third kappa shape index (κ3) is 1.23. The Balaban J connectivity index is 2.43. The Morgan fingerprint density at radius 1 is 1.27 bits per heavy atom. The van der Waals surface area contributed by atoms with Gasteiger partial charge in [0.15, 0.2) is 0 Å². The number of thiol groups is 1. The number of benzene rings is 1. The minimum Gasteiger partial charge on any atom is -0.508 e. The SMILES string of the molecule is Oc1ccc2c(c1)CC(S)C2. The minimum atomic E-state index is 0.367. The zero-order chi connectivity index (χ0) is 7.84. The van der Waals surface area contributed by atoms with Crippen LogP contribution in [-0.4, -0.2) is 10.4 Å². The zero-order valence-corrected chi connectivity index (χ0v) is 7.01. The topological polar surface area (TPSA) is 20.2 Å². The lowest BCUT2D eigenvalue weighted by Crippen LogP contribution is -1.93. The van der Waals surface area contributed by atoms with E-state index in [9.17, 15) is 0 Å². The third-order valence-corrected chi connectivity index (χ3v) is 2.47. The monoisotopic (exact) mass is 166 g/mol. The Morgan fingerprint density at radius 3 is 2.82 bits per heavy atom. The van der Waals surface area contributed by atoms with Gasteiger partial charge in [0, 0.05) is 5.25 Å². The summed E-state index contributed by atoms with van der Waals surface area (Å²) in [5.41, 5.74) is 2.59. The molecule has 2 heteroatoms. The van der Waals surface area contributed by atoms with Gasteiger partial charge in [0.1, 0.15) is 5.75 Å². The third-order valence-electron chi connectivity index (χ3n) is 2.10. The molecule has 0 amide bonds. The summed E-state index contributed by atoms with van der Waals surface area (Å²) in [6.07, 6.45) is 2.03. The van der Waals surface area contributed by atoms with E-state index < -0.39 is 0 Å². The molecule has 1 nitrogen and oxygen atoms in total. The highest BCUT2D eigenvalue weighted by atomic mass is 32.1. The minimum absolute atomic E-state index is 0.367. The van der Waals surface area contributed by atoms with Gasteiger partial charge in [-0.25, -0.2) is 0 Å². The molecule has 58 valence electrons. The first-order valence-electron chi connectivity index (χ1n) is 3.74. The van der Waals surface area contributed by atoms with Crippen molar-refractivity contribution in [2.75, 3.05) is 0 Å². The Bertz CT molecular complexity index is 283.